The molecule has 1 saturated heterocycles. The van der Waals surface area contributed by atoms with Crippen molar-refractivity contribution in [2.45, 2.75) is 13.0 Å². The number of hydrogen-bond donors (Lipinski definition) is 2. The van der Waals surface area contributed by atoms with Gasteiger partial charge in [0.15, 0.2) is 0 Å². The van der Waals surface area contributed by atoms with Crippen molar-refractivity contribution >= 4 is 29.0 Å². The van der Waals surface area contributed by atoms with Gasteiger partial charge in [0, 0.05) is 23.4 Å². The fourth-order valence-corrected chi connectivity index (χ4v) is 3.63. The summed E-state index contributed by atoms with van der Waals surface area (Å²) in [6.07, 6.45) is -1.06. The Balaban J connectivity index is 1.57. The molecule has 144 valence electrons. The Bertz CT molecular complexity index is 1020. The normalized spacial score (nSPS) is 16.3. The van der Waals surface area contributed by atoms with E-state index in [1.54, 1.807) is 12.1 Å². The summed E-state index contributed by atoms with van der Waals surface area (Å²) in [6.45, 7) is 1.82. The lowest BCUT2D eigenvalue weighted by Gasteiger charge is -2.14. The van der Waals surface area contributed by atoms with Crippen LogP contribution in [-0.2, 0) is 9.53 Å². The van der Waals surface area contributed by atoms with Crippen molar-refractivity contribution in [3.05, 3.63) is 40.8 Å². The van der Waals surface area contributed by atoms with E-state index in [1.807, 2.05) is 16.8 Å². The van der Waals surface area contributed by atoms with Crippen molar-refractivity contribution in [1.29, 1.82) is 0 Å². The van der Waals surface area contributed by atoms with E-state index < -0.39 is 18.0 Å². The molecule has 10 heteroatoms. The first-order chi connectivity index (χ1) is 13.5. The van der Waals surface area contributed by atoms with Crippen LogP contribution in [0.2, 0.25) is 0 Å². The summed E-state index contributed by atoms with van der Waals surface area (Å²) in [5.74, 6) is -0.724. The van der Waals surface area contributed by atoms with Crippen LogP contribution in [-0.4, -0.2) is 46.6 Å². The molecule has 1 aliphatic heterocycles. The zero-order chi connectivity index (χ0) is 19.7. The van der Waals surface area contributed by atoms with E-state index in [-0.39, 0.29) is 19.0 Å². The van der Waals surface area contributed by atoms with Crippen LogP contribution < -0.4 is 10.2 Å². The van der Waals surface area contributed by atoms with E-state index in [9.17, 15) is 14.0 Å². The van der Waals surface area contributed by atoms with E-state index >= 15 is 0 Å². The molecular weight excluding hydrogens is 385 g/mol. The summed E-state index contributed by atoms with van der Waals surface area (Å²) >= 11 is 1.51. The Morgan fingerprint density at radius 1 is 1.46 bits per heavy atom. The second kappa shape index (κ2) is 7.39. The fraction of sp³-hybridized carbons (Fsp3) is 0.222. The summed E-state index contributed by atoms with van der Waals surface area (Å²) in [4.78, 5) is 24.5. The summed E-state index contributed by atoms with van der Waals surface area (Å²) in [5, 5.41) is 17.0. The number of nitrogens with zero attached hydrogens (tertiary/aromatic N) is 3. The van der Waals surface area contributed by atoms with Gasteiger partial charge in [-0.1, -0.05) is 5.21 Å². The van der Waals surface area contributed by atoms with Crippen molar-refractivity contribution in [2.75, 3.05) is 18.0 Å². The molecule has 0 saturated carbocycles. The third-order valence-corrected chi connectivity index (χ3v) is 5.01. The van der Waals surface area contributed by atoms with E-state index in [1.165, 1.54) is 29.2 Å². The number of halogens is 1. The number of anilines is 1. The number of benzene rings is 1. The molecular formula is C18H16FN5O3S. The molecule has 2 amide bonds. The van der Waals surface area contributed by atoms with Crippen molar-refractivity contribution in [1.82, 2.24) is 20.7 Å². The Morgan fingerprint density at radius 2 is 2.32 bits per heavy atom. The number of hydrogen-bond acceptors (Lipinski definition) is 6. The van der Waals surface area contributed by atoms with E-state index in [4.69, 9.17) is 4.74 Å². The van der Waals surface area contributed by atoms with E-state index in [0.29, 0.717) is 22.6 Å². The second-order valence-corrected chi connectivity index (χ2v) is 7.05. The van der Waals surface area contributed by atoms with Gasteiger partial charge in [-0.25, -0.2) is 9.18 Å². The predicted molar refractivity (Wildman–Crippen MR) is 101 cm³/mol. The molecule has 0 aliphatic carbocycles. The lowest BCUT2D eigenvalue weighted by molar-refractivity contribution is -0.119. The van der Waals surface area contributed by atoms with Crippen LogP contribution in [0, 0.1) is 5.82 Å². The summed E-state index contributed by atoms with van der Waals surface area (Å²) in [5.41, 5.74) is 2.55. The van der Waals surface area contributed by atoms with Gasteiger partial charge in [-0.05, 0) is 29.6 Å². The van der Waals surface area contributed by atoms with Gasteiger partial charge in [-0.15, -0.1) is 5.10 Å². The third kappa shape index (κ3) is 3.46. The largest absolute Gasteiger partial charge is 0.442 e. The monoisotopic (exact) mass is 401 g/mol. The number of carbonyl (C=O) groups is 2. The van der Waals surface area contributed by atoms with Gasteiger partial charge in [0.05, 0.1) is 24.5 Å². The van der Waals surface area contributed by atoms with Gasteiger partial charge in [-0.2, -0.15) is 11.3 Å². The third-order valence-electron chi connectivity index (χ3n) is 4.33. The number of carbonyl (C=O) groups excluding carboxylic acids is 2. The van der Waals surface area contributed by atoms with Gasteiger partial charge in [0.25, 0.3) is 0 Å². The quantitative estimate of drug-likeness (QED) is 0.685. The summed E-state index contributed by atoms with van der Waals surface area (Å²) in [7, 11) is 0. The van der Waals surface area contributed by atoms with Crippen LogP contribution >= 0.6 is 11.3 Å². The number of aromatic amines is 1. The van der Waals surface area contributed by atoms with Gasteiger partial charge in [0.2, 0.25) is 5.91 Å². The summed E-state index contributed by atoms with van der Waals surface area (Å²) in [6, 6.07) is 6.37. The molecule has 3 heterocycles. The van der Waals surface area contributed by atoms with E-state index in [2.05, 4.69) is 20.7 Å². The van der Waals surface area contributed by atoms with Gasteiger partial charge in [-0.3, -0.25) is 14.8 Å². The molecule has 8 nitrogen and oxygen atoms in total. The number of ether oxygens (including phenoxy) is 1. The standard InChI is InChI=1S/C18H16FN5O3S/c1-10(25)20-7-13-8-24(18(26)27-13)12-2-3-14(15(19)6-12)17-16(21-23-22-17)11-4-5-28-9-11/h2-6,9,13H,7-8H2,1H3,(H,20,25)(H,21,22,23)/t13-/m0/s1. The number of amides is 2. The number of cyclic esters (lactones) is 1. The minimum Gasteiger partial charge on any atom is -0.442 e. The first-order valence-corrected chi connectivity index (χ1v) is 9.43. The van der Waals surface area contributed by atoms with Crippen LogP contribution in [0.1, 0.15) is 6.92 Å². The molecule has 2 aromatic heterocycles. The number of H-pyrrole nitrogens is 1. The lowest BCUT2D eigenvalue weighted by atomic mass is 10.1. The summed E-state index contributed by atoms with van der Waals surface area (Å²) < 4.78 is 20.1. The van der Waals surface area contributed by atoms with Crippen LogP contribution in [0.15, 0.2) is 35.0 Å². The first-order valence-electron chi connectivity index (χ1n) is 8.49. The molecule has 0 unspecified atom stereocenters. The average Bonchev–Trinajstić information content (AvgIpc) is 3.40. The van der Waals surface area contributed by atoms with Crippen molar-refractivity contribution in [2.24, 2.45) is 0 Å². The SMILES string of the molecule is CC(=O)NC[C@H]1CN(c2ccc(-c3[nH]nnc3-c3ccsc3)c(F)c2)C(=O)O1. The molecule has 0 bridgehead atoms. The Morgan fingerprint density at radius 3 is 3.04 bits per heavy atom. The molecule has 2 N–H and O–H groups in total. The molecule has 1 fully saturated rings. The number of nitrogens with one attached hydrogen (secondary N) is 2. The maximum absolute atomic E-state index is 14.9. The fourth-order valence-electron chi connectivity index (χ4n) is 2.99. The second-order valence-electron chi connectivity index (χ2n) is 6.27. The minimum atomic E-state index is -0.579. The number of thiophene rings is 1. The van der Waals surface area contributed by atoms with Gasteiger partial charge >= 0.3 is 6.09 Å². The van der Waals surface area contributed by atoms with Gasteiger partial charge in [0.1, 0.15) is 17.6 Å². The maximum atomic E-state index is 14.9. The highest BCUT2D eigenvalue weighted by Crippen LogP contribution is 2.33. The highest BCUT2D eigenvalue weighted by atomic mass is 32.1. The molecule has 28 heavy (non-hydrogen) atoms. The topological polar surface area (TPSA) is 100 Å². The molecule has 1 aromatic carbocycles. The molecule has 1 aliphatic rings. The van der Waals surface area contributed by atoms with Gasteiger partial charge < -0.3 is 10.1 Å². The minimum absolute atomic E-state index is 0.209. The Kier molecular flexibility index (Phi) is 4.78. The number of rotatable bonds is 5. The maximum Gasteiger partial charge on any atom is 0.414 e. The molecule has 0 radical (unpaired) electrons. The molecule has 0 spiro atoms. The van der Waals surface area contributed by atoms with Crippen molar-refractivity contribution in [3.63, 3.8) is 0 Å². The van der Waals surface area contributed by atoms with Crippen LogP contribution in [0.3, 0.4) is 0 Å². The molecule has 4 rings (SSSR count). The zero-order valence-corrected chi connectivity index (χ0v) is 15.6. The highest BCUT2D eigenvalue weighted by molar-refractivity contribution is 7.08. The first kappa shape index (κ1) is 18.1. The van der Waals surface area contributed by atoms with Crippen molar-refractivity contribution < 1.29 is 18.7 Å². The predicted octanol–water partition coefficient (Wildman–Crippen LogP) is 2.80. The Labute approximate surface area is 163 Å². The smallest absolute Gasteiger partial charge is 0.414 e. The van der Waals surface area contributed by atoms with Crippen LogP contribution in [0.25, 0.3) is 22.5 Å². The molecule has 3 aromatic rings. The van der Waals surface area contributed by atoms with E-state index in [0.717, 1.165) is 5.56 Å². The number of aromatic nitrogens is 3. The lowest BCUT2D eigenvalue weighted by Crippen LogP contribution is -2.33. The van der Waals surface area contributed by atoms with Crippen LogP contribution in [0.5, 0.6) is 0 Å². The highest BCUT2D eigenvalue weighted by Gasteiger charge is 2.33. The van der Waals surface area contributed by atoms with Crippen LogP contribution in [0.4, 0.5) is 14.9 Å². The molecule has 1 atom stereocenters. The zero-order valence-electron chi connectivity index (χ0n) is 14.8. The Hall–Kier alpha value is -3.27. The van der Waals surface area contributed by atoms with Crippen molar-refractivity contribution in [3.8, 4) is 22.5 Å². The average molecular weight is 401 g/mol.